The van der Waals surface area contributed by atoms with E-state index < -0.39 is 5.97 Å². The number of hydrogen-bond donors (Lipinski definition) is 2. The van der Waals surface area contributed by atoms with Gasteiger partial charge in [-0.3, -0.25) is 4.79 Å². The quantitative estimate of drug-likeness (QED) is 0.890. The lowest BCUT2D eigenvalue weighted by molar-refractivity contribution is -0.134. The first-order valence-corrected chi connectivity index (χ1v) is 6.05. The van der Waals surface area contributed by atoms with Gasteiger partial charge in [0, 0.05) is 12.8 Å². The second-order valence-corrected chi connectivity index (χ2v) is 4.08. The first kappa shape index (κ1) is 14.9. The number of aliphatic hydroxyl groups is 1. The summed E-state index contributed by atoms with van der Waals surface area (Å²) in [6.07, 6.45) is 0. The zero-order chi connectivity index (χ0) is 14.1. The summed E-state index contributed by atoms with van der Waals surface area (Å²) in [5.41, 5.74) is 2.32. The molecule has 19 heavy (non-hydrogen) atoms. The largest absolute Gasteiger partial charge is 0.481 e. The normalized spacial score (nSPS) is 9.63. The van der Waals surface area contributed by atoms with E-state index in [2.05, 4.69) is 0 Å². The van der Waals surface area contributed by atoms with Crippen molar-refractivity contribution in [2.24, 2.45) is 0 Å². The Morgan fingerprint density at radius 2 is 1.26 bits per heavy atom. The number of aliphatic carboxylic acids is 1. The van der Waals surface area contributed by atoms with Crippen molar-refractivity contribution < 1.29 is 15.0 Å². The van der Waals surface area contributed by atoms with Gasteiger partial charge < -0.3 is 10.2 Å². The van der Waals surface area contributed by atoms with Crippen LogP contribution in [0.15, 0.2) is 60.7 Å². The molecule has 2 rings (SSSR count). The van der Waals surface area contributed by atoms with Crippen molar-refractivity contribution in [2.45, 2.75) is 12.8 Å². The molecule has 0 radical (unpaired) electrons. The van der Waals surface area contributed by atoms with Crippen molar-refractivity contribution in [1.29, 1.82) is 0 Å². The van der Waals surface area contributed by atoms with Crippen LogP contribution in [0.5, 0.6) is 0 Å². The van der Waals surface area contributed by atoms with E-state index in [9.17, 15) is 5.11 Å². The smallest absolute Gasteiger partial charge is 0.300 e. The van der Waals surface area contributed by atoms with Crippen LogP contribution in [0.2, 0.25) is 0 Å². The van der Waals surface area contributed by atoms with Gasteiger partial charge in [-0.15, -0.1) is 0 Å². The highest BCUT2D eigenvalue weighted by Gasteiger charge is 2.11. The molecule has 0 aliphatic rings. The molecule has 3 nitrogen and oxygen atoms in total. The lowest BCUT2D eigenvalue weighted by atomic mass is 9.92. The summed E-state index contributed by atoms with van der Waals surface area (Å²) in [4.78, 5) is 9.00. The summed E-state index contributed by atoms with van der Waals surface area (Å²) in [6, 6.07) is 20.2. The maximum Gasteiger partial charge on any atom is 0.300 e. The Hall–Kier alpha value is -2.13. The summed E-state index contributed by atoms with van der Waals surface area (Å²) < 4.78 is 0. The Bertz CT molecular complexity index is 436. The van der Waals surface area contributed by atoms with Crippen LogP contribution in [-0.2, 0) is 4.79 Å². The standard InChI is InChI=1S/C14H14O.C2H4O2/c15-11-14(12-7-3-1-4-8-12)13-9-5-2-6-10-13;1-2(3)4/h1-10,14-15H,11H2;1H3,(H,3,4). The fraction of sp³-hybridized carbons (Fsp3) is 0.188. The Kier molecular flexibility index (Phi) is 6.33. The van der Waals surface area contributed by atoms with E-state index in [1.165, 1.54) is 0 Å². The number of carboxylic acids is 1. The minimum Gasteiger partial charge on any atom is -0.481 e. The molecule has 0 aromatic heterocycles. The number of aliphatic hydroxyl groups excluding tert-OH is 1. The van der Waals surface area contributed by atoms with Crippen molar-refractivity contribution in [3.8, 4) is 0 Å². The highest BCUT2D eigenvalue weighted by Crippen LogP contribution is 2.23. The van der Waals surface area contributed by atoms with Crippen molar-refractivity contribution in [2.75, 3.05) is 6.61 Å². The predicted octanol–water partition coefficient (Wildman–Crippen LogP) is 2.90. The second-order valence-electron chi connectivity index (χ2n) is 4.08. The molecule has 100 valence electrons. The van der Waals surface area contributed by atoms with Gasteiger partial charge in [-0.25, -0.2) is 0 Å². The number of carbonyl (C=O) groups is 1. The Morgan fingerprint density at radius 1 is 0.947 bits per heavy atom. The van der Waals surface area contributed by atoms with E-state index in [1.54, 1.807) is 0 Å². The second kappa shape index (κ2) is 8.06. The zero-order valence-corrected chi connectivity index (χ0v) is 10.9. The maximum atomic E-state index is 9.43. The summed E-state index contributed by atoms with van der Waals surface area (Å²) in [5, 5.41) is 16.8. The third kappa shape index (κ3) is 5.36. The Balaban J connectivity index is 0.000000399. The molecule has 0 heterocycles. The average molecular weight is 258 g/mol. The Labute approximate surface area is 113 Å². The lowest BCUT2D eigenvalue weighted by Crippen LogP contribution is -2.05. The highest BCUT2D eigenvalue weighted by atomic mass is 16.4. The van der Waals surface area contributed by atoms with Crippen LogP contribution in [0, 0.1) is 0 Å². The van der Waals surface area contributed by atoms with E-state index >= 15 is 0 Å². The molecular weight excluding hydrogens is 240 g/mol. The van der Waals surface area contributed by atoms with Crippen molar-refractivity contribution in [1.82, 2.24) is 0 Å². The molecule has 0 saturated heterocycles. The van der Waals surface area contributed by atoms with Crippen LogP contribution in [0.3, 0.4) is 0 Å². The third-order valence-corrected chi connectivity index (χ3v) is 2.59. The number of hydrogen-bond acceptors (Lipinski definition) is 2. The molecule has 0 fully saturated rings. The van der Waals surface area contributed by atoms with Gasteiger partial charge in [0.2, 0.25) is 0 Å². The first-order valence-electron chi connectivity index (χ1n) is 6.05. The van der Waals surface area contributed by atoms with Crippen LogP contribution in [0.4, 0.5) is 0 Å². The molecule has 0 unspecified atom stereocenters. The zero-order valence-electron chi connectivity index (χ0n) is 10.9. The van der Waals surface area contributed by atoms with Gasteiger partial charge in [0.05, 0.1) is 6.61 Å². The SMILES string of the molecule is CC(=O)O.OCC(c1ccccc1)c1ccccc1. The lowest BCUT2D eigenvalue weighted by Gasteiger charge is -2.14. The molecule has 0 aliphatic heterocycles. The Morgan fingerprint density at radius 3 is 1.53 bits per heavy atom. The molecule has 2 aromatic carbocycles. The molecule has 0 atom stereocenters. The highest BCUT2D eigenvalue weighted by molar-refractivity contribution is 5.62. The van der Waals surface area contributed by atoms with Crippen LogP contribution >= 0.6 is 0 Å². The minimum atomic E-state index is -0.833. The van der Waals surface area contributed by atoms with Crippen LogP contribution in [0.25, 0.3) is 0 Å². The molecule has 3 heteroatoms. The molecular formula is C16H18O3. The number of benzene rings is 2. The topological polar surface area (TPSA) is 57.5 Å². The fourth-order valence-corrected chi connectivity index (χ4v) is 1.77. The molecule has 0 spiro atoms. The summed E-state index contributed by atoms with van der Waals surface area (Å²) in [6.45, 7) is 1.23. The van der Waals surface area contributed by atoms with E-state index in [-0.39, 0.29) is 12.5 Å². The van der Waals surface area contributed by atoms with Crippen molar-refractivity contribution in [3.63, 3.8) is 0 Å². The molecule has 0 saturated carbocycles. The van der Waals surface area contributed by atoms with Gasteiger partial charge in [0.25, 0.3) is 5.97 Å². The average Bonchev–Trinajstić information content (AvgIpc) is 2.41. The summed E-state index contributed by atoms with van der Waals surface area (Å²) in [5.74, 6) is -0.743. The third-order valence-electron chi connectivity index (χ3n) is 2.59. The predicted molar refractivity (Wildman–Crippen MR) is 75.1 cm³/mol. The summed E-state index contributed by atoms with van der Waals surface area (Å²) in [7, 11) is 0. The molecule has 2 N–H and O–H groups in total. The molecule has 0 amide bonds. The summed E-state index contributed by atoms with van der Waals surface area (Å²) >= 11 is 0. The van der Waals surface area contributed by atoms with Gasteiger partial charge in [-0.05, 0) is 11.1 Å². The van der Waals surface area contributed by atoms with Gasteiger partial charge in [-0.2, -0.15) is 0 Å². The van der Waals surface area contributed by atoms with Crippen LogP contribution in [-0.4, -0.2) is 22.8 Å². The molecule has 0 bridgehead atoms. The van der Waals surface area contributed by atoms with Crippen LogP contribution < -0.4 is 0 Å². The van der Waals surface area contributed by atoms with Crippen molar-refractivity contribution >= 4 is 5.97 Å². The monoisotopic (exact) mass is 258 g/mol. The van der Waals surface area contributed by atoms with E-state index in [1.807, 2.05) is 60.7 Å². The van der Waals surface area contributed by atoms with Crippen LogP contribution in [0.1, 0.15) is 24.0 Å². The minimum absolute atomic E-state index is 0.0902. The fourth-order valence-electron chi connectivity index (χ4n) is 1.77. The first-order chi connectivity index (χ1) is 9.15. The van der Waals surface area contributed by atoms with E-state index in [0.717, 1.165) is 18.1 Å². The van der Waals surface area contributed by atoms with Gasteiger partial charge in [-0.1, -0.05) is 60.7 Å². The van der Waals surface area contributed by atoms with Gasteiger partial charge in [0.15, 0.2) is 0 Å². The van der Waals surface area contributed by atoms with E-state index in [0.29, 0.717) is 0 Å². The molecule has 0 aliphatic carbocycles. The van der Waals surface area contributed by atoms with E-state index in [4.69, 9.17) is 9.90 Å². The van der Waals surface area contributed by atoms with Gasteiger partial charge >= 0.3 is 0 Å². The number of rotatable bonds is 3. The van der Waals surface area contributed by atoms with Crippen molar-refractivity contribution in [3.05, 3.63) is 71.8 Å². The number of carboxylic acid groups (broad SMARTS) is 1. The maximum absolute atomic E-state index is 9.43. The molecule has 2 aromatic rings. The van der Waals surface area contributed by atoms with Gasteiger partial charge in [0.1, 0.15) is 0 Å².